The number of carbonyl (C=O) groups is 2. The van der Waals surface area contributed by atoms with Crippen LogP contribution in [0.5, 0.6) is 5.75 Å². The lowest BCUT2D eigenvalue weighted by atomic mass is 10.1. The number of hydrogen-bond donors (Lipinski definition) is 3. The number of rotatable bonds is 6. The molecule has 0 radical (unpaired) electrons. The summed E-state index contributed by atoms with van der Waals surface area (Å²) in [6, 6.07) is 5.69. The highest BCUT2D eigenvalue weighted by molar-refractivity contribution is 5.92. The third-order valence-electron chi connectivity index (χ3n) is 2.94. The van der Waals surface area contributed by atoms with Gasteiger partial charge in [0.1, 0.15) is 12.4 Å². The van der Waals surface area contributed by atoms with Gasteiger partial charge in [0.2, 0.25) is 0 Å². The number of amides is 2. The van der Waals surface area contributed by atoms with E-state index in [1.165, 1.54) is 12.1 Å². The predicted molar refractivity (Wildman–Crippen MR) is 93.9 cm³/mol. The molecule has 6 heteroatoms. The van der Waals surface area contributed by atoms with E-state index in [2.05, 4.69) is 10.6 Å². The summed E-state index contributed by atoms with van der Waals surface area (Å²) in [4.78, 5) is 23.7. The number of hydrogen-bond acceptors (Lipinski definition) is 4. The van der Waals surface area contributed by atoms with Gasteiger partial charge in [0.15, 0.2) is 0 Å². The number of carbonyl (C=O) groups excluding carboxylic acids is 2. The van der Waals surface area contributed by atoms with Crippen molar-refractivity contribution in [3.8, 4) is 5.75 Å². The van der Waals surface area contributed by atoms with E-state index in [9.17, 15) is 9.59 Å². The summed E-state index contributed by atoms with van der Waals surface area (Å²) in [6.07, 6.45) is 1.78. The van der Waals surface area contributed by atoms with Crippen molar-refractivity contribution in [2.75, 3.05) is 18.5 Å². The molecule has 1 aromatic rings. The molecule has 0 saturated heterocycles. The first-order valence-electron chi connectivity index (χ1n) is 7.63. The molecule has 0 bridgehead atoms. The maximum atomic E-state index is 12.0. The van der Waals surface area contributed by atoms with Crippen LogP contribution in [0.4, 0.5) is 10.5 Å². The highest BCUT2D eigenvalue weighted by atomic mass is 16.5. The second kappa shape index (κ2) is 9.39. The molecule has 0 aromatic heterocycles. The number of urea groups is 1. The summed E-state index contributed by atoms with van der Waals surface area (Å²) < 4.78 is 5.17. The van der Waals surface area contributed by atoms with Crippen LogP contribution in [0.15, 0.2) is 47.1 Å². The predicted octanol–water partition coefficient (Wildman–Crippen LogP) is 3.36. The zero-order valence-corrected chi connectivity index (χ0v) is 14.5. The number of allylic oxidation sites excluding steroid dienone is 2. The SMILES string of the molecule is CC(C)=CC(C(=O)OCCNC(=O)Nc1ccc(O)cc1)=C(C)C. The van der Waals surface area contributed by atoms with Crippen LogP contribution in [-0.4, -0.2) is 30.3 Å². The first kappa shape index (κ1) is 19.3. The van der Waals surface area contributed by atoms with Crippen LogP contribution in [-0.2, 0) is 9.53 Å². The average molecular weight is 332 g/mol. The molecule has 130 valence electrons. The second-order valence-corrected chi connectivity index (χ2v) is 5.70. The van der Waals surface area contributed by atoms with Crippen LogP contribution in [0, 0.1) is 0 Å². The van der Waals surface area contributed by atoms with E-state index >= 15 is 0 Å². The molecule has 1 rings (SSSR count). The fraction of sp³-hybridized carbons (Fsp3) is 0.333. The van der Waals surface area contributed by atoms with Gasteiger partial charge in [-0.3, -0.25) is 0 Å². The lowest BCUT2D eigenvalue weighted by Crippen LogP contribution is -2.32. The van der Waals surface area contributed by atoms with Crippen LogP contribution in [0.3, 0.4) is 0 Å². The number of ether oxygens (including phenoxy) is 1. The Morgan fingerprint density at radius 3 is 2.29 bits per heavy atom. The second-order valence-electron chi connectivity index (χ2n) is 5.70. The normalized spacial score (nSPS) is 9.67. The molecule has 1 aromatic carbocycles. The quantitative estimate of drug-likeness (QED) is 0.245. The standard InChI is InChI=1S/C18H24N2O4/c1-12(2)11-16(13(3)4)17(22)24-10-9-19-18(23)20-14-5-7-15(21)8-6-14/h5-8,11,21H,9-10H2,1-4H3,(H2,19,20,23). The summed E-state index contributed by atoms with van der Waals surface area (Å²) >= 11 is 0. The van der Waals surface area contributed by atoms with Gasteiger partial charge in [-0.2, -0.15) is 0 Å². The van der Waals surface area contributed by atoms with E-state index in [-0.39, 0.29) is 18.9 Å². The van der Waals surface area contributed by atoms with Crippen molar-refractivity contribution in [3.05, 3.63) is 47.1 Å². The van der Waals surface area contributed by atoms with E-state index in [0.717, 1.165) is 11.1 Å². The lowest BCUT2D eigenvalue weighted by molar-refractivity contribution is -0.138. The molecule has 0 saturated carbocycles. The number of phenolic OH excluding ortho intramolecular Hbond substituents is 1. The van der Waals surface area contributed by atoms with E-state index in [1.54, 1.807) is 18.2 Å². The van der Waals surface area contributed by atoms with Crippen LogP contribution in [0.1, 0.15) is 27.7 Å². The maximum absolute atomic E-state index is 12.0. The third kappa shape index (κ3) is 7.00. The Hall–Kier alpha value is -2.76. The summed E-state index contributed by atoms with van der Waals surface area (Å²) in [5.74, 6) is -0.281. The number of phenols is 1. The third-order valence-corrected chi connectivity index (χ3v) is 2.94. The van der Waals surface area contributed by atoms with E-state index in [1.807, 2.05) is 27.7 Å². The zero-order valence-electron chi connectivity index (χ0n) is 14.5. The molecule has 0 unspecified atom stereocenters. The van der Waals surface area contributed by atoms with Crippen LogP contribution in [0.2, 0.25) is 0 Å². The Morgan fingerprint density at radius 2 is 1.75 bits per heavy atom. The Bertz CT molecular complexity index is 637. The molecule has 0 heterocycles. The Morgan fingerprint density at radius 1 is 1.12 bits per heavy atom. The highest BCUT2D eigenvalue weighted by Gasteiger charge is 2.10. The maximum Gasteiger partial charge on any atom is 0.338 e. The number of benzene rings is 1. The summed E-state index contributed by atoms with van der Waals surface area (Å²) in [5.41, 5.74) is 2.97. The van der Waals surface area contributed by atoms with Crippen LogP contribution in [0.25, 0.3) is 0 Å². The van der Waals surface area contributed by atoms with Crippen molar-refractivity contribution in [1.29, 1.82) is 0 Å². The number of esters is 1. The van der Waals surface area contributed by atoms with Gasteiger partial charge in [-0.15, -0.1) is 0 Å². The van der Waals surface area contributed by atoms with Crippen molar-refractivity contribution >= 4 is 17.7 Å². The Kier molecular flexibility index (Phi) is 7.55. The molecule has 0 aliphatic heterocycles. The molecule has 0 fully saturated rings. The van der Waals surface area contributed by atoms with Crippen LogP contribution < -0.4 is 10.6 Å². The minimum Gasteiger partial charge on any atom is -0.508 e. The molecule has 0 atom stereocenters. The van der Waals surface area contributed by atoms with Gasteiger partial charge < -0.3 is 20.5 Å². The minimum absolute atomic E-state index is 0.0786. The summed E-state index contributed by atoms with van der Waals surface area (Å²) in [5, 5.41) is 14.4. The van der Waals surface area contributed by atoms with Gasteiger partial charge >= 0.3 is 12.0 Å². The van der Waals surface area contributed by atoms with Gasteiger partial charge in [-0.05, 0) is 58.0 Å². The first-order valence-corrected chi connectivity index (χ1v) is 7.63. The van der Waals surface area contributed by atoms with Crippen molar-refractivity contribution in [2.45, 2.75) is 27.7 Å². The van der Waals surface area contributed by atoms with Crippen molar-refractivity contribution in [2.24, 2.45) is 0 Å². The van der Waals surface area contributed by atoms with Crippen LogP contribution >= 0.6 is 0 Å². The molecule has 0 aliphatic rings. The van der Waals surface area contributed by atoms with Gasteiger partial charge in [-0.25, -0.2) is 9.59 Å². The first-order chi connectivity index (χ1) is 11.3. The smallest absolute Gasteiger partial charge is 0.338 e. The molecule has 6 nitrogen and oxygen atoms in total. The minimum atomic E-state index is -0.413. The van der Waals surface area contributed by atoms with Crippen molar-refractivity contribution < 1.29 is 19.4 Å². The van der Waals surface area contributed by atoms with Crippen molar-refractivity contribution in [3.63, 3.8) is 0 Å². The van der Waals surface area contributed by atoms with E-state index < -0.39 is 12.0 Å². The summed E-state index contributed by atoms with van der Waals surface area (Å²) in [7, 11) is 0. The zero-order chi connectivity index (χ0) is 18.1. The monoisotopic (exact) mass is 332 g/mol. The highest BCUT2D eigenvalue weighted by Crippen LogP contribution is 2.13. The largest absolute Gasteiger partial charge is 0.508 e. The van der Waals surface area contributed by atoms with E-state index in [4.69, 9.17) is 9.84 Å². The Labute approximate surface area is 142 Å². The molecular weight excluding hydrogens is 308 g/mol. The number of nitrogens with one attached hydrogen (secondary N) is 2. The van der Waals surface area contributed by atoms with Gasteiger partial charge in [0, 0.05) is 5.69 Å². The fourth-order valence-electron chi connectivity index (χ4n) is 1.80. The number of aromatic hydroxyl groups is 1. The number of anilines is 1. The topological polar surface area (TPSA) is 87.7 Å². The van der Waals surface area contributed by atoms with E-state index in [0.29, 0.717) is 11.3 Å². The molecule has 24 heavy (non-hydrogen) atoms. The molecule has 2 amide bonds. The lowest BCUT2D eigenvalue weighted by Gasteiger charge is -2.10. The summed E-state index contributed by atoms with van der Waals surface area (Å²) in [6.45, 7) is 7.78. The Balaban J connectivity index is 2.38. The van der Waals surface area contributed by atoms with Crippen molar-refractivity contribution in [1.82, 2.24) is 5.32 Å². The molecule has 0 aliphatic carbocycles. The van der Waals surface area contributed by atoms with Gasteiger partial charge in [0.25, 0.3) is 0 Å². The van der Waals surface area contributed by atoms with Gasteiger partial charge in [0.05, 0.1) is 12.1 Å². The molecule has 3 N–H and O–H groups in total. The molecular formula is C18H24N2O4. The average Bonchev–Trinajstić information content (AvgIpc) is 2.51. The fourth-order valence-corrected chi connectivity index (χ4v) is 1.80. The molecule has 0 spiro atoms. The van der Waals surface area contributed by atoms with Gasteiger partial charge in [-0.1, -0.05) is 11.1 Å².